The van der Waals surface area contributed by atoms with E-state index in [0.29, 0.717) is 5.92 Å². The predicted octanol–water partition coefficient (Wildman–Crippen LogP) is 2.08. The summed E-state index contributed by atoms with van der Waals surface area (Å²) in [5.74, 6) is 0.687. The fourth-order valence-electron chi connectivity index (χ4n) is 1.64. The molecule has 2 aromatic rings. The van der Waals surface area contributed by atoms with Crippen LogP contribution < -0.4 is 5.32 Å². The molecule has 0 aromatic carbocycles. The topological polar surface area (TPSA) is 29.3 Å². The largest absolute Gasteiger partial charge is 0.311 e. The van der Waals surface area contributed by atoms with E-state index in [2.05, 4.69) is 40.7 Å². The molecule has 3 nitrogen and oxygen atoms in total. The molecule has 0 aliphatic rings. The van der Waals surface area contributed by atoms with Crippen LogP contribution >= 0.6 is 0 Å². The van der Waals surface area contributed by atoms with Crippen LogP contribution in [0.1, 0.15) is 19.5 Å². The highest BCUT2D eigenvalue weighted by atomic mass is 15.0. The maximum Gasteiger partial charge on any atom is 0.136 e. The second-order valence-corrected chi connectivity index (χ2v) is 4.20. The van der Waals surface area contributed by atoms with Gasteiger partial charge in [0, 0.05) is 24.6 Å². The van der Waals surface area contributed by atoms with Gasteiger partial charge in [-0.1, -0.05) is 19.9 Å². The summed E-state index contributed by atoms with van der Waals surface area (Å²) in [6, 6.07) is 6.20. The van der Waals surface area contributed by atoms with E-state index in [1.165, 1.54) is 5.69 Å². The van der Waals surface area contributed by atoms with Crippen molar-refractivity contribution < 1.29 is 0 Å². The molecule has 2 heterocycles. The molecule has 0 saturated carbocycles. The van der Waals surface area contributed by atoms with Crippen molar-refractivity contribution in [3.8, 4) is 0 Å². The summed E-state index contributed by atoms with van der Waals surface area (Å²) >= 11 is 0. The molecule has 2 rings (SSSR count). The number of aromatic nitrogens is 2. The summed E-state index contributed by atoms with van der Waals surface area (Å²) in [5.41, 5.74) is 2.27. The highest BCUT2D eigenvalue weighted by Crippen LogP contribution is 2.05. The van der Waals surface area contributed by atoms with Gasteiger partial charge in [0.15, 0.2) is 0 Å². The van der Waals surface area contributed by atoms with Crippen LogP contribution in [0.15, 0.2) is 30.6 Å². The predicted molar refractivity (Wildman–Crippen MR) is 61.7 cm³/mol. The Balaban J connectivity index is 2.10. The number of hydrogen-bond donors (Lipinski definition) is 1. The minimum absolute atomic E-state index is 0.687. The monoisotopic (exact) mass is 203 g/mol. The highest BCUT2D eigenvalue weighted by molar-refractivity contribution is 5.39. The quantitative estimate of drug-likeness (QED) is 0.824. The van der Waals surface area contributed by atoms with E-state index in [9.17, 15) is 0 Å². The van der Waals surface area contributed by atoms with E-state index in [4.69, 9.17) is 0 Å². The van der Waals surface area contributed by atoms with Crippen LogP contribution in [0.25, 0.3) is 5.65 Å². The van der Waals surface area contributed by atoms with E-state index < -0.39 is 0 Å². The van der Waals surface area contributed by atoms with Crippen LogP contribution in [0.3, 0.4) is 0 Å². The van der Waals surface area contributed by atoms with Gasteiger partial charge in [-0.05, 0) is 24.6 Å². The standard InChI is InChI=1S/C12H17N3/c1-10(2)8-13-9-11-4-3-5-12-14-6-7-15(11)12/h3-7,10,13H,8-9H2,1-2H3. The van der Waals surface area contributed by atoms with Crippen LogP contribution in [0.2, 0.25) is 0 Å². The molecule has 15 heavy (non-hydrogen) atoms. The Morgan fingerprint density at radius 1 is 1.40 bits per heavy atom. The molecule has 0 unspecified atom stereocenters. The van der Waals surface area contributed by atoms with Crippen LogP contribution in [-0.2, 0) is 6.54 Å². The molecule has 0 amide bonds. The fourth-order valence-corrected chi connectivity index (χ4v) is 1.64. The maximum absolute atomic E-state index is 4.26. The van der Waals surface area contributed by atoms with E-state index in [0.717, 1.165) is 18.7 Å². The SMILES string of the molecule is CC(C)CNCc1cccc2nccn12. The van der Waals surface area contributed by atoms with Crippen LogP contribution in [0.4, 0.5) is 0 Å². The summed E-state index contributed by atoms with van der Waals surface area (Å²) in [7, 11) is 0. The molecule has 0 aliphatic heterocycles. The third-order valence-electron chi connectivity index (χ3n) is 2.37. The van der Waals surface area contributed by atoms with Crippen molar-refractivity contribution in [2.24, 2.45) is 5.92 Å². The Morgan fingerprint density at radius 2 is 2.27 bits per heavy atom. The van der Waals surface area contributed by atoms with Gasteiger partial charge in [-0.3, -0.25) is 0 Å². The zero-order chi connectivity index (χ0) is 10.7. The van der Waals surface area contributed by atoms with Gasteiger partial charge >= 0.3 is 0 Å². The molecular weight excluding hydrogens is 186 g/mol. The molecule has 0 spiro atoms. The molecule has 0 aliphatic carbocycles. The van der Waals surface area contributed by atoms with Crippen molar-refractivity contribution in [3.63, 3.8) is 0 Å². The van der Waals surface area contributed by atoms with Crippen LogP contribution in [0, 0.1) is 5.92 Å². The number of imidazole rings is 1. The first-order valence-corrected chi connectivity index (χ1v) is 5.39. The first-order valence-electron chi connectivity index (χ1n) is 5.39. The van der Waals surface area contributed by atoms with Crippen molar-refractivity contribution in [3.05, 3.63) is 36.3 Å². The Bertz CT molecular complexity index is 431. The fraction of sp³-hybridized carbons (Fsp3) is 0.417. The Hall–Kier alpha value is -1.35. The van der Waals surface area contributed by atoms with E-state index >= 15 is 0 Å². The molecule has 0 fully saturated rings. The lowest BCUT2D eigenvalue weighted by Crippen LogP contribution is -2.20. The summed E-state index contributed by atoms with van der Waals surface area (Å²) in [6.45, 7) is 6.37. The van der Waals surface area contributed by atoms with Gasteiger partial charge in [-0.15, -0.1) is 0 Å². The van der Waals surface area contributed by atoms with Gasteiger partial charge < -0.3 is 9.72 Å². The van der Waals surface area contributed by atoms with Crippen molar-refractivity contribution in [1.29, 1.82) is 0 Å². The summed E-state index contributed by atoms with van der Waals surface area (Å²) < 4.78 is 2.12. The van der Waals surface area contributed by atoms with E-state index in [1.54, 1.807) is 0 Å². The average molecular weight is 203 g/mol. The summed E-state index contributed by atoms with van der Waals surface area (Å²) in [6.07, 6.45) is 3.84. The lowest BCUT2D eigenvalue weighted by atomic mass is 10.2. The number of rotatable bonds is 4. The number of nitrogens with zero attached hydrogens (tertiary/aromatic N) is 2. The third-order valence-corrected chi connectivity index (χ3v) is 2.37. The van der Waals surface area contributed by atoms with Gasteiger partial charge in [-0.2, -0.15) is 0 Å². The minimum Gasteiger partial charge on any atom is -0.311 e. The number of pyridine rings is 1. The van der Waals surface area contributed by atoms with E-state index in [-0.39, 0.29) is 0 Å². The zero-order valence-corrected chi connectivity index (χ0v) is 9.27. The van der Waals surface area contributed by atoms with Crippen molar-refractivity contribution in [1.82, 2.24) is 14.7 Å². The Kier molecular flexibility index (Phi) is 3.02. The molecular formula is C12H17N3. The smallest absolute Gasteiger partial charge is 0.136 e. The maximum atomic E-state index is 4.26. The summed E-state index contributed by atoms with van der Waals surface area (Å²) in [5, 5.41) is 3.43. The molecule has 80 valence electrons. The first-order chi connectivity index (χ1) is 7.27. The molecule has 0 saturated heterocycles. The summed E-state index contributed by atoms with van der Waals surface area (Å²) in [4.78, 5) is 4.26. The second-order valence-electron chi connectivity index (χ2n) is 4.20. The van der Waals surface area contributed by atoms with Crippen molar-refractivity contribution in [2.75, 3.05) is 6.54 Å². The van der Waals surface area contributed by atoms with Crippen molar-refractivity contribution >= 4 is 5.65 Å². The number of hydrogen-bond acceptors (Lipinski definition) is 2. The molecule has 0 atom stereocenters. The molecule has 3 heteroatoms. The highest BCUT2D eigenvalue weighted by Gasteiger charge is 2.00. The van der Waals surface area contributed by atoms with Gasteiger partial charge in [0.2, 0.25) is 0 Å². The normalized spacial score (nSPS) is 11.4. The molecule has 1 N–H and O–H groups in total. The Morgan fingerprint density at radius 3 is 3.07 bits per heavy atom. The molecule has 0 radical (unpaired) electrons. The van der Waals surface area contributed by atoms with Gasteiger partial charge in [0.05, 0.1) is 0 Å². The van der Waals surface area contributed by atoms with Crippen LogP contribution in [0.5, 0.6) is 0 Å². The molecule has 2 aromatic heterocycles. The number of fused-ring (bicyclic) bond motifs is 1. The van der Waals surface area contributed by atoms with Gasteiger partial charge in [0.1, 0.15) is 5.65 Å². The number of nitrogens with one attached hydrogen (secondary N) is 1. The average Bonchev–Trinajstić information content (AvgIpc) is 2.65. The third kappa shape index (κ3) is 2.36. The van der Waals surface area contributed by atoms with E-state index in [1.807, 2.05) is 18.5 Å². The van der Waals surface area contributed by atoms with Gasteiger partial charge in [0.25, 0.3) is 0 Å². The second kappa shape index (κ2) is 4.45. The van der Waals surface area contributed by atoms with Gasteiger partial charge in [-0.25, -0.2) is 4.98 Å². The molecule has 0 bridgehead atoms. The lowest BCUT2D eigenvalue weighted by Gasteiger charge is -2.09. The Labute approximate surface area is 90.1 Å². The minimum atomic E-state index is 0.687. The lowest BCUT2D eigenvalue weighted by molar-refractivity contribution is 0.546. The van der Waals surface area contributed by atoms with Crippen molar-refractivity contribution in [2.45, 2.75) is 20.4 Å². The van der Waals surface area contributed by atoms with Crippen LogP contribution in [-0.4, -0.2) is 15.9 Å². The first kappa shape index (κ1) is 10.2. The zero-order valence-electron chi connectivity index (χ0n) is 9.27.